The molecule has 0 aromatic heterocycles. The summed E-state index contributed by atoms with van der Waals surface area (Å²) < 4.78 is 11.4. The molecule has 0 aromatic carbocycles. The van der Waals surface area contributed by atoms with E-state index in [0.29, 0.717) is 19.4 Å². The zero-order valence-electron chi connectivity index (χ0n) is 20.4. The van der Waals surface area contributed by atoms with E-state index in [1.807, 2.05) is 12.2 Å². The molecule has 1 saturated heterocycles. The van der Waals surface area contributed by atoms with Crippen molar-refractivity contribution in [3.05, 3.63) is 24.0 Å². The molecule has 1 aliphatic heterocycles. The van der Waals surface area contributed by atoms with Crippen molar-refractivity contribution in [2.45, 2.75) is 96.9 Å². The predicted octanol–water partition coefficient (Wildman–Crippen LogP) is 4.21. The number of fused-ring (bicyclic) bond motifs is 1. The summed E-state index contributed by atoms with van der Waals surface area (Å²) >= 11 is 0. The van der Waals surface area contributed by atoms with Crippen LogP contribution in [0.3, 0.4) is 0 Å². The topological polar surface area (TPSA) is 79.2 Å². The number of esters is 1. The Bertz CT molecular complexity index is 601. The Hall–Kier alpha value is -1.37. The Labute approximate surface area is 194 Å². The molecule has 2 rings (SSSR count). The van der Waals surface area contributed by atoms with Crippen molar-refractivity contribution >= 4 is 5.97 Å². The van der Waals surface area contributed by atoms with Crippen molar-refractivity contribution < 1.29 is 24.5 Å². The van der Waals surface area contributed by atoms with Gasteiger partial charge >= 0.3 is 5.97 Å². The second-order valence-corrected chi connectivity index (χ2v) is 9.16. The van der Waals surface area contributed by atoms with Crippen LogP contribution in [-0.4, -0.2) is 65.6 Å². The van der Waals surface area contributed by atoms with E-state index in [1.54, 1.807) is 0 Å². The second-order valence-electron chi connectivity index (χ2n) is 9.16. The van der Waals surface area contributed by atoms with Gasteiger partial charge in [0.2, 0.25) is 0 Å². The Morgan fingerprint density at radius 3 is 2.75 bits per heavy atom. The molecule has 1 aliphatic carbocycles. The number of aliphatic hydroxyl groups excluding tert-OH is 2. The molecule has 2 N–H and O–H groups in total. The SMILES string of the molecule is CCCCCC(O)C=C[C@H]1C(O)CC2OC(=CCCCC(=O)OCCN(CC)CC)C[C@@H]21. The van der Waals surface area contributed by atoms with Crippen molar-refractivity contribution in [1.29, 1.82) is 0 Å². The third kappa shape index (κ3) is 8.87. The molecule has 6 heteroatoms. The first-order chi connectivity index (χ1) is 15.5. The van der Waals surface area contributed by atoms with Crippen LogP contribution in [0.15, 0.2) is 24.0 Å². The van der Waals surface area contributed by atoms with Gasteiger partial charge in [0.05, 0.1) is 18.0 Å². The van der Waals surface area contributed by atoms with Gasteiger partial charge in [-0.05, 0) is 38.4 Å². The minimum atomic E-state index is -0.433. The van der Waals surface area contributed by atoms with Crippen LogP contribution in [0.4, 0.5) is 0 Å². The summed E-state index contributed by atoms with van der Waals surface area (Å²) in [6, 6.07) is 0. The van der Waals surface area contributed by atoms with Crippen molar-refractivity contribution in [2.75, 3.05) is 26.2 Å². The number of ether oxygens (including phenoxy) is 2. The minimum absolute atomic E-state index is 0.0347. The molecule has 3 unspecified atom stereocenters. The number of unbranched alkanes of at least 4 members (excludes halogenated alkanes) is 3. The third-order valence-corrected chi connectivity index (χ3v) is 6.81. The predicted molar refractivity (Wildman–Crippen MR) is 127 cm³/mol. The quantitative estimate of drug-likeness (QED) is 0.221. The van der Waals surface area contributed by atoms with Crippen LogP contribution in [0.2, 0.25) is 0 Å². The van der Waals surface area contributed by atoms with E-state index >= 15 is 0 Å². The highest BCUT2D eigenvalue weighted by atomic mass is 16.5. The maximum Gasteiger partial charge on any atom is 0.305 e. The third-order valence-electron chi connectivity index (χ3n) is 6.81. The van der Waals surface area contributed by atoms with Gasteiger partial charge in [-0.1, -0.05) is 52.2 Å². The van der Waals surface area contributed by atoms with E-state index in [4.69, 9.17) is 9.47 Å². The van der Waals surface area contributed by atoms with Gasteiger partial charge in [-0.2, -0.15) is 0 Å². The van der Waals surface area contributed by atoms with E-state index in [1.165, 1.54) is 0 Å². The average molecular weight is 452 g/mol. The largest absolute Gasteiger partial charge is 0.495 e. The molecule has 2 fully saturated rings. The zero-order valence-corrected chi connectivity index (χ0v) is 20.4. The molecule has 0 bridgehead atoms. The number of hydrogen-bond acceptors (Lipinski definition) is 6. The van der Waals surface area contributed by atoms with Gasteiger partial charge in [-0.25, -0.2) is 0 Å². The van der Waals surface area contributed by atoms with Gasteiger partial charge in [0.25, 0.3) is 0 Å². The number of nitrogens with zero attached hydrogens (tertiary/aromatic N) is 1. The van der Waals surface area contributed by atoms with Crippen molar-refractivity contribution in [3.8, 4) is 0 Å². The smallest absolute Gasteiger partial charge is 0.305 e. The minimum Gasteiger partial charge on any atom is -0.495 e. The summed E-state index contributed by atoms with van der Waals surface area (Å²) in [6.07, 6.45) is 12.7. The summed E-state index contributed by atoms with van der Waals surface area (Å²) in [4.78, 5) is 14.1. The molecule has 6 nitrogen and oxygen atoms in total. The normalized spacial score (nSPS) is 27.2. The Morgan fingerprint density at radius 1 is 1.25 bits per heavy atom. The number of hydrogen-bond donors (Lipinski definition) is 2. The number of carbonyl (C=O) groups is 1. The molecular weight excluding hydrogens is 406 g/mol. The van der Waals surface area contributed by atoms with Gasteiger partial charge in [-0.3, -0.25) is 4.79 Å². The lowest BCUT2D eigenvalue weighted by Gasteiger charge is -2.17. The average Bonchev–Trinajstić information content (AvgIpc) is 3.29. The molecule has 184 valence electrons. The lowest BCUT2D eigenvalue weighted by atomic mass is 9.90. The standard InChI is InChI=1S/C26H45NO5/c1-4-7-8-11-20(28)14-15-22-23-18-21(32-25(23)19-24(22)29)12-9-10-13-26(30)31-17-16-27(5-2)6-3/h12,14-15,20,22-25,28-29H,4-11,13,16-19H2,1-3H3/t20?,22-,23-,24?,25?/m1/s1. The van der Waals surface area contributed by atoms with E-state index in [9.17, 15) is 15.0 Å². The lowest BCUT2D eigenvalue weighted by Crippen LogP contribution is -2.27. The molecular formula is C26H45NO5. The summed E-state index contributed by atoms with van der Waals surface area (Å²) in [6.45, 7) is 9.55. The molecule has 5 atom stereocenters. The first kappa shape index (κ1) is 26.9. The first-order valence-corrected chi connectivity index (χ1v) is 12.8. The number of allylic oxidation sites excluding steroid dienone is 2. The zero-order chi connectivity index (χ0) is 23.3. The molecule has 0 spiro atoms. The maximum atomic E-state index is 11.9. The highest BCUT2D eigenvalue weighted by Crippen LogP contribution is 2.45. The van der Waals surface area contributed by atoms with Crippen LogP contribution >= 0.6 is 0 Å². The fourth-order valence-electron chi connectivity index (χ4n) is 4.75. The highest BCUT2D eigenvalue weighted by molar-refractivity contribution is 5.69. The number of rotatable bonds is 15. The molecule has 32 heavy (non-hydrogen) atoms. The van der Waals surface area contributed by atoms with Crippen LogP contribution in [0.25, 0.3) is 0 Å². The number of likely N-dealkylation sites (N-methyl/N-ethyl adjacent to an activating group) is 1. The van der Waals surface area contributed by atoms with E-state index in [-0.39, 0.29) is 23.9 Å². The summed E-state index contributed by atoms with van der Waals surface area (Å²) in [5.41, 5.74) is 0. The van der Waals surface area contributed by atoms with Crippen LogP contribution in [0, 0.1) is 11.8 Å². The van der Waals surface area contributed by atoms with Crippen LogP contribution in [0.1, 0.15) is 78.6 Å². The van der Waals surface area contributed by atoms with Crippen LogP contribution in [0.5, 0.6) is 0 Å². The summed E-state index contributed by atoms with van der Waals surface area (Å²) in [7, 11) is 0. The first-order valence-electron chi connectivity index (χ1n) is 12.8. The van der Waals surface area contributed by atoms with E-state index in [2.05, 4.69) is 31.7 Å². The van der Waals surface area contributed by atoms with Crippen molar-refractivity contribution in [2.24, 2.45) is 11.8 Å². The molecule has 0 amide bonds. The van der Waals surface area contributed by atoms with E-state index in [0.717, 1.165) is 70.3 Å². The van der Waals surface area contributed by atoms with E-state index < -0.39 is 12.2 Å². The Balaban J connectivity index is 1.69. The van der Waals surface area contributed by atoms with Crippen LogP contribution < -0.4 is 0 Å². The number of aliphatic hydroxyl groups is 2. The summed E-state index contributed by atoms with van der Waals surface area (Å²) in [5, 5.41) is 20.6. The number of carbonyl (C=O) groups excluding carboxylic acids is 1. The van der Waals surface area contributed by atoms with Gasteiger partial charge in [0, 0.05) is 37.6 Å². The summed E-state index contributed by atoms with van der Waals surface area (Å²) in [5.74, 6) is 1.14. The van der Waals surface area contributed by atoms with Crippen LogP contribution in [-0.2, 0) is 14.3 Å². The fraction of sp³-hybridized carbons (Fsp3) is 0.808. The highest BCUT2D eigenvalue weighted by Gasteiger charge is 2.46. The second kappa shape index (κ2) is 14.7. The Kier molecular flexibility index (Phi) is 12.4. The molecule has 0 aromatic rings. The lowest BCUT2D eigenvalue weighted by molar-refractivity contribution is -0.144. The van der Waals surface area contributed by atoms with Gasteiger partial charge < -0.3 is 24.6 Å². The Morgan fingerprint density at radius 2 is 2.03 bits per heavy atom. The maximum absolute atomic E-state index is 11.9. The van der Waals surface area contributed by atoms with Gasteiger partial charge in [-0.15, -0.1) is 0 Å². The monoisotopic (exact) mass is 451 g/mol. The molecule has 1 heterocycles. The van der Waals surface area contributed by atoms with Gasteiger partial charge in [0.1, 0.15) is 12.7 Å². The van der Waals surface area contributed by atoms with Crippen molar-refractivity contribution in [3.63, 3.8) is 0 Å². The molecule has 1 saturated carbocycles. The fourth-order valence-corrected chi connectivity index (χ4v) is 4.75. The van der Waals surface area contributed by atoms with Gasteiger partial charge in [0.15, 0.2) is 0 Å². The van der Waals surface area contributed by atoms with Crippen molar-refractivity contribution in [1.82, 2.24) is 4.90 Å². The molecule has 2 aliphatic rings. The molecule has 0 radical (unpaired) electrons.